The van der Waals surface area contributed by atoms with Gasteiger partial charge in [0, 0.05) is 29.1 Å². The monoisotopic (exact) mass is 340 g/mol. The van der Waals surface area contributed by atoms with Crippen molar-refractivity contribution in [2.75, 3.05) is 6.61 Å². The smallest absolute Gasteiger partial charge is 0.315 e. The van der Waals surface area contributed by atoms with Gasteiger partial charge in [-0.2, -0.15) is 0 Å². The Kier molecular flexibility index (Phi) is 5.43. The quantitative estimate of drug-likeness (QED) is 0.745. The Morgan fingerprint density at radius 3 is 2.75 bits per heavy atom. The van der Waals surface area contributed by atoms with Crippen molar-refractivity contribution in [2.45, 2.75) is 44.2 Å². The second-order valence-corrected chi connectivity index (χ2v) is 6.15. The predicted molar refractivity (Wildman–Crippen MR) is 82.7 cm³/mol. The molecule has 1 aromatic rings. The number of benzene rings is 1. The first-order chi connectivity index (χ1) is 9.63. The molecule has 3 atom stereocenters. The summed E-state index contributed by atoms with van der Waals surface area (Å²) in [6.45, 7) is 2.10. The van der Waals surface area contributed by atoms with E-state index in [-0.39, 0.29) is 24.7 Å². The van der Waals surface area contributed by atoms with Gasteiger partial charge in [-0.1, -0.05) is 35.0 Å². The van der Waals surface area contributed by atoms with Gasteiger partial charge in [-0.25, -0.2) is 4.79 Å². The van der Waals surface area contributed by atoms with Crippen LogP contribution in [0.4, 0.5) is 4.79 Å². The van der Waals surface area contributed by atoms with Crippen LogP contribution in [-0.4, -0.2) is 29.8 Å². The number of hydrogen-bond acceptors (Lipinski definition) is 2. The lowest BCUT2D eigenvalue weighted by atomic mass is 10.1. The van der Waals surface area contributed by atoms with Gasteiger partial charge >= 0.3 is 6.03 Å². The second kappa shape index (κ2) is 7.09. The largest absolute Gasteiger partial charge is 0.396 e. The summed E-state index contributed by atoms with van der Waals surface area (Å²) >= 11 is 3.42. The lowest BCUT2D eigenvalue weighted by Crippen LogP contribution is -2.43. The minimum Gasteiger partial charge on any atom is -0.396 e. The lowest BCUT2D eigenvalue weighted by molar-refractivity contribution is 0.227. The number of aliphatic hydroxyl groups excluding tert-OH is 1. The summed E-state index contributed by atoms with van der Waals surface area (Å²) in [4.78, 5) is 11.9. The number of urea groups is 1. The van der Waals surface area contributed by atoms with Crippen LogP contribution in [0.5, 0.6) is 0 Å². The third kappa shape index (κ3) is 4.21. The summed E-state index contributed by atoms with van der Waals surface area (Å²) in [5, 5.41) is 14.8. The molecule has 0 radical (unpaired) electrons. The molecule has 1 aliphatic rings. The molecule has 3 unspecified atom stereocenters. The minimum absolute atomic E-state index is 0.0462. The van der Waals surface area contributed by atoms with E-state index in [9.17, 15) is 4.79 Å². The van der Waals surface area contributed by atoms with E-state index >= 15 is 0 Å². The van der Waals surface area contributed by atoms with E-state index in [1.807, 2.05) is 19.1 Å². The third-order valence-corrected chi connectivity index (χ3v) is 4.24. The molecule has 3 N–H and O–H groups in total. The molecule has 0 heterocycles. The van der Waals surface area contributed by atoms with Crippen LogP contribution in [0.15, 0.2) is 28.7 Å². The average Bonchev–Trinajstić information content (AvgIpc) is 3.18. The number of carbonyl (C=O) groups is 1. The van der Waals surface area contributed by atoms with E-state index in [0.29, 0.717) is 12.3 Å². The minimum atomic E-state index is -0.130. The van der Waals surface area contributed by atoms with Crippen LogP contribution in [0, 0.1) is 0 Å². The zero-order valence-electron chi connectivity index (χ0n) is 11.6. The number of rotatable bonds is 6. The molecule has 20 heavy (non-hydrogen) atoms. The molecular formula is C15H21BrN2O2. The van der Waals surface area contributed by atoms with Gasteiger partial charge in [0.15, 0.2) is 0 Å². The number of nitrogens with one attached hydrogen (secondary N) is 2. The molecule has 110 valence electrons. The number of halogens is 1. The van der Waals surface area contributed by atoms with Gasteiger partial charge in [0.05, 0.1) is 0 Å². The summed E-state index contributed by atoms with van der Waals surface area (Å²) in [6, 6.07) is 8.38. The van der Waals surface area contributed by atoms with E-state index in [0.717, 1.165) is 17.3 Å². The van der Waals surface area contributed by atoms with Gasteiger partial charge in [0.25, 0.3) is 0 Å². The predicted octanol–water partition coefficient (Wildman–Crippen LogP) is 2.77. The molecule has 1 fully saturated rings. The highest BCUT2D eigenvalue weighted by molar-refractivity contribution is 9.10. The van der Waals surface area contributed by atoms with Crippen LogP contribution in [0.1, 0.15) is 37.7 Å². The van der Waals surface area contributed by atoms with Gasteiger partial charge in [0.2, 0.25) is 0 Å². The molecule has 0 bridgehead atoms. The summed E-state index contributed by atoms with van der Waals surface area (Å²) in [7, 11) is 0. The molecule has 0 saturated heterocycles. The van der Waals surface area contributed by atoms with Crippen LogP contribution in [0.2, 0.25) is 0 Å². The van der Waals surface area contributed by atoms with Crippen LogP contribution in [0.3, 0.4) is 0 Å². The Bertz CT molecular complexity index is 450. The molecule has 5 heteroatoms. The second-order valence-electron chi connectivity index (χ2n) is 5.24. The van der Waals surface area contributed by atoms with Crippen LogP contribution in [0.25, 0.3) is 0 Å². The zero-order chi connectivity index (χ0) is 14.5. The van der Waals surface area contributed by atoms with E-state index in [1.54, 1.807) is 0 Å². The molecule has 1 aromatic carbocycles. The first-order valence-corrected chi connectivity index (χ1v) is 7.86. The molecule has 0 aromatic heterocycles. The molecule has 0 spiro atoms. The third-order valence-electron chi connectivity index (χ3n) is 3.71. The summed E-state index contributed by atoms with van der Waals surface area (Å²) in [5.74, 6) is 0.423. The van der Waals surface area contributed by atoms with Crippen molar-refractivity contribution in [3.63, 3.8) is 0 Å². The van der Waals surface area contributed by atoms with Gasteiger partial charge < -0.3 is 15.7 Å². The van der Waals surface area contributed by atoms with E-state index in [4.69, 9.17) is 5.11 Å². The van der Waals surface area contributed by atoms with Gasteiger partial charge in [-0.3, -0.25) is 0 Å². The molecule has 4 nitrogen and oxygen atoms in total. The fraction of sp³-hybridized carbons (Fsp3) is 0.533. The molecule has 2 rings (SSSR count). The molecule has 0 aliphatic heterocycles. The number of amides is 2. The number of aliphatic hydroxyl groups is 1. The molecular weight excluding hydrogens is 320 g/mol. The fourth-order valence-corrected chi connectivity index (χ4v) is 2.63. The van der Waals surface area contributed by atoms with Gasteiger partial charge in [0.1, 0.15) is 0 Å². The van der Waals surface area contributed by atoms with E-state index < -0.39 is 0 Å². The van der Waals surface area contributed by atoms with Crippen molar-refractivity contribution in [3.05, 3.63) is 34.3 Å². The standard InChI is InChI=1S/C15H21BrN2O2/c1-2-12(7-8-19)17-15(20)18-14-9-13(14)10-3-5-11(16)6-4-10/h3-6,12-14,19H,2,7-9H2,1H3,(H2,17,18,20). The fourth-order valence-electron chi connectivity index (χ4n) is 2.36. The normalized spacial score (nSPS) is 22.1. The maximum Gasteiger partial charge on any atom is 0.315 e. The van der Waals surface area contributed by atoms with Crippen LogP contribution < -0.4 is 10.6 Å². The molecule has 2 amide bonds. The topological polar surface area (TPSA) is 61.4 Å². The maximum absolute atomic E-state index is 11.9. The van der Waals surface area contributed by atoms with Gasteiger partial charge in [-0.15, -0.1) is 0 Å². The highest BCUT2D eigenvalue weighted by Crippen LogP contribution is 2.40. The van der Waals surface area contributed by atoms with Gasteiger partial charge in [-0.05, 0) is 37.0 Å². The Hall–Kier alpha value is -1.07. The number of hydrogen-bond donors (Lipinski definition) is 3. The SMILES string of the molecule is CCC(CCO)NC(=O)NC1CC1c1ccc(Br)cc1. The number of carbonyl (C=O) groups excluding carboxylic acids is 1. The first-order valence-electron chi connectivity index (χ1n) is 7.07. The van der Waals surface area contributed by atoms with E-state index in [1.165, 1.54) is 5.56 Å². The van der Waals surface area contributed by atoms with Crippen LogP contribution >= 0.6 is 15.9 Å². The van der Waals surface area contributed by atoms with Crippen molar-refractivity contribution in [3.8, 4) is 0 Å². The van der Waals surface area contributed by atoms with Crippen molar-refractivity contribution in [2.24, 2.45) is 0 Å². The Labute approximate surface area is 128 Å². The zero-order valence-corrected chi connectivity index (χ0v) is 13.2. The highest BCUT2D eigenvalue weighted by atomic mass is 79.9. The summed E-state index contributed by atoms with van der Waals surface area (Å²) < 4.78 is 1.07. The van der Waals surface area contributed by atoms with Crippen molar-refractivity contribution < 1.29 is 9.90 Å². The van der Waals surface area contributed by atoms with Crippen molar-refractivity contribution >= 4 is 22.0 Å². The summed E-state index contributed by atoms with van der Waals surface area (Å²) in [5.41, 5.74) is 1.26. The van der Waals surface area contributed by atoms with E-state index in [2.05, 4.69) is 38.7 Å². The van der Waals surface area contributed by atoms with Crippen LogP contribution in [-0.2, 0) is 0 Å². The lowest BCUT2D eigenvalue weighted by Gasteiger charge is -2.16. The van der Waals surface area contributed by atoms with Crippen molar-refractivity contribution in [1.29, 1.82) is 0 Å². The maximum atomic E-state index is 11.9. The highest BCUT2D eigenvalue weighted by Gasteiger charge is 2.39. The Morgan fingerprint density at radius 1 is 1.45 bits per heavy atom. The average molecular weight is 341 g/mol. The Balaban J connectivity index is 1.78. The Morgan fingerprint density at radius 2 is 2.15 bits per heavy atom. The molecule has 1 aliphatic carbocycles. The molecule has 1 saturated carbocycles. The summed E-state index contributed by atoms with van der Waals surface area (Å²) in [6.07, 6.45) is 2.42. The first kappa shape index (κ1) is 15.3. The van der Waals surface area contributed by atoms with Crippen molar-refractivity contribution in [1.82, 2.24) is 10.6 Å².